The van der Waals surface area contributed by atoms with Crippen LogP contribution in [0.2, 0.25) is 0 Å². The molecule has 0 bridgehead atoms. The van der Waals surface area contributed by atoms with E-state index in [1.165, 1.54) is 6.92 Å². The molecule has 1 unspecified atom stereocenters. The summed E-state index contributed by atoms with van der Waals surface area (Å²) in [5.41, 5.74) is 1.51. The summed E-state index contributed by atoms with van der Waals surface area (Å²) in [5, 5.41) is 2.63. The number of anilines is 1. The van der Waals surface area contributed by atoms with E-state index in [4.69, 9.17) is 0 Å². The molecule has 0 aliphatic carbocycles. The van der Waals surface area contributed by atoms with Gasteiger partial charge in [0.05, 0.1) is 17.0 Å². The van der Waals surface area contributed by atoms with E-state index in [1.807, 2.05) is 0 Å². The summed E-state index contributed by atoms with van der Waals surface area (Å²) in [4.78, 5) is 39.0. The van der Waals surface area contributed by atoms with Crippen molar-refractivity contribution in [3.63, 3.8) is 0 Å². The predicted octanol–water partition coefficient (Wildman–Crippen LogP) is 1.02. The minimum atomic E-state index is -0.689. The lowest BCUT2D eigenvalue weighted by atomic mass is 10.1. The summed E-state index contributed by atoms with van der Waals surface area (Å²) in [5.74, 6) is -1.24. The highest BCUT2D eigenvalue weighted by Gasteiger charge is 2.17. The molecule has 1 atom stereocenters. The van der Waals surface area contributed by atoms with Crippen LogP contribution in [-0.4, -0.2) is 21.7 Å². The number of Topliss-reactive ketones (excluding diaryl/α,β-unsaturated/α-hetero) is 1. The van der Waals surface area contributed by atoms with Crippen LogP contribution in [0, 0.1) is 5.92 Å². The molecule has 18 heavy (non-hydrogen) atoms. The maximum atomic E-state index is 11.7. The van der Waals surface area contributed by atoms with Gasteiger partial charge in [0.15, 0.2) is 0 Å². The number of H-pyrrole nitrogens is 2. The van der Waals surface area contributed by atoms with Gasteiger partial charge in [0.2, 0.25) is 5.91 Å². The number of ketones is 1. The molecule has 0 radical (unpaired) electrons. The number of nitrogens with one attached hydrogen (secondary N) is 3. The zero-order chi connectivity index (χ0) is 13.3. The number of hydrogen-bond acceptors (Lipinski definition) is 3. The van der Waals surface area contributed by atoms with Crippen LogP contribution < -0.4 is 11.0 Å². The van der Waals surface area contributed by atoms with Crippen LogP contribution in [0.3, 0.4) is 0 Å². The van der Waals surface area contributed by atoms with Gasteiger partial charge in [0, 0.05) is 5.69 Å². The van der Waals surface area contributed by atoms with Crippen molar-refractivity contribution in [1.29, 1.82) is 0 Å². The number of rotatable bonds is 3. The minimum absolute atomic E-state index is 0.191. The minimum Gasteiger partial charge on any atom is -0.325 e. The second-order valence-corrected chi connectivity index (χ2v) is 4.16. The van der Waals surface area contributed by atoms with Gasteiger partial charge < -0.3 is 15.3 Å². The van der Waals surface area contributed by atoms with Crippen molar-refractivity contribution in [1.82, 2.24) is 9.97 Å². The van der Waals surface area contributed by atoms with Crippen LogP contribution in [0.1, 0.15) is 13.8 Å². The average Bonchev–Trinajstić information content (AvgIpc) is 2.67. The van der Waals surface area contributed by atoms with Gasteiger partial charge >= 0.3 is 5.69 Å². The number of imidazole rings is 1. The molecule has 0 fully saturated rings. The molecule has 0 aliphatic heterocycles. The summed E-state index contributed by atoms with van der Waals surface area (Å²) in [6.45, 7) is 2.92. The molecule has 0 aliphatic rings. The Hall–Kier alpha value is -2.37. The largest absolute Gasteiger partial charge is 0.325 e. The Morgan fingerprint density at radius 1 is 1.22 bits per heavy atom. The van der Waals surface area contributed by atoms with E-state index in [2.05, 4.69) is 15.3 Å². The van der Waals surface area contributed by atoms with Crippen molar-refractivity contribution < 1.29 is 9.59 Å². The number of aromatic nitrogens is 2. The fraction of sp³-hybridized carbons (Fsp3) is 0.250. The Balaban J connectivity index is 2.24. The fourth-order valence-electron chi connectivity index (χ4n) is 1.55. The lowest BCUT2D eigenvalue weighted by Gasteiger charge is -2.09. The maximum absolute atomic E-state index is 11.7. The number of aromatic amines is 2. The Morgan fingerprint density at radius 2 is 1.89 bits per heavy atom. The molecular weight excluding hydrogens is 234 g/mol. The second kappa shape index (κ2) is 4.48. The number of hydrogen-bond donors (Lipinski definition) is 3. The third kappa shape index (κ3) is 2.32. The molecule has 2 aromatic rings. The van der Waals surface area contributed by atoms with E-state index in [1.54, 1.807) is 25.1 Å². The molecule has 3 N–H and O–H groups in total. The monoisotopic (exact) mass is 247 g/mol. The molecule has 94 valence electrons. The lowest BCUT2D eigenvalue weighted by molar-refractivity contribution is -0.129. The molecule has 0 spiro atoms. The van der Waals surface area contributed by atoms with Crippen LogP contribution in [0.4, 0.5) is 5.69 Å². The van der Waals surface area contributed by atoms with Gasteiger partial charge in [0.1, 0.15) is 5.78 Å². The van der Waals surface area contributed by atoms with Crippen molar-refractivity contribution in [2.24, 2.45) is 5.92 Å². The highest BCUT2D eigenvalue weighted by atomic mass is 16.2. The molecule has 1 aromatic carbocycles. The van der Waals surface area contributed by atoms with E-state index in [9.17, 15) is 14.4 Å². The van der Waals surface area contributed by atoms with Crippen LogP contribution in [0.25, 0.3) is 11.0 Å². The summed E-state index contributed by atoms with van der Waals surface area (Å²) >= 11 is 0. The summed E-state index contributed by atoms with van der Waals surface area (Å²) in [6, 6.07) is 4.98. The molecule has 2 rings (SSSR count). The molecule has 6 nitrogen and oxygen atoms in total. The predicted molar refractivity (Wildman–Crippen MR) is 67.4 cm³/mol. The van der Waals surface area contributed by atoms with E-state index in [-0.39, 0.29) is 17.4 Å². The van der Waals surface area contributed by atoms with Gasteiger partial charge in [-0.2, -0.15) is 0 Å². The van der Waals surface area contributed by atoms with Gasteiger partial charge in [0.25, 0.3) is 0 Å². The standard InChI is InChI=1S/C12H13N3O3/c1-6(7(2)16)11(17)13-8-3-4-9-10(5-8)15-12(18)14-9/h3-6H,1-2H3,(H,13,17)(H2,14,15,18). The average molecular weight is 247 g/mol. The first-order chi connectivity index (χ1) is 8.47. The van der Waals surface area contributed by atoms with E-state index in [0.717, 1.165) is 0 Å². The third-order valence-electron chi connectivity index (χ3n) is 2.79. The van der Waals surface area contributed by atoms with Crippen LogP contribution in [0.5, 0.6) is 0 Å². The highest BCUT2D eigenvalue weighted by Crippen LogP contribution is 2.15. The zero-order valence-electron chi connectivity index (χ0n) is 10.0. The Kier molecular flexibility index (Phi) is 3.01. The summed E-state index contributed by atoms with van der Waals surface area (Å²) < 4.78 is 0. The molecule has 1 amide bonds. The van der Waals surface area contributed by atoms with Crippen molar-refractivity contribution >= 4 is 28.4 Å². The Labute approximate surface area is 102 Å². The van der Waals surface area contributed by atoms with Crippen molar-refractivity contribution in [3.05, 3.63) is 28.7 Å². The first kappa shape index (κ1) is 12.1. The first-order valence-corrected chi connectivity index (χ1v) is 5.51. The molecule has 6 heteroatoms. The van der Waals surface area contributed by atoms with Crippen molar-refractivity contribution in [2.45, 2.75) is 13.8 Å². The summed E-state index contributed by atoms with van der Waals surface area (Å²) in [7, 11) is 0. The first-order valence-electron chi connectivity index (χ1n) is 5.51. The van der Waals surface area contributed by atoms with Crippen molar-refractivity contribution in [2.75, 3.05) is 5.32 Å². The Morgan fingerprint density at radius 3 is 2.56 bits per heavy atom. The Bertz CT molecular complexity index is 669. The zero-order valence-corrected chi connectivity index (χ0v) is 10.0. The molecule has 1 heterocycles. The number of amides is 1. The van der Waals surface area contributed by atoms with E-state index < -0.39 is 5.92 Å². The molecule has 1 aromatic heterocycles. The number of carbonyl (C=O) groups is 2. The third-order valence-corrected chi connectivity index (χ3v) is 2.79. The normalized spacial score (nSPS) is 12.3. The van der Waals surface area contributed by atoms with Crippen LogP contribution in [0.15, 0.2) is 23.0 Å². The van der Waals surface area contributed by atoms with Gasteiger partial charge in [-0.15, -0.1) is 0 Å². The molecule has 0 saturated carbocycles. The van der Waals surface area contributed by atoms with Gasteiger partial charge in [-0.05, 0) is 32.0 Å². The molecule has 0 saturated heterocycles. The molecular formula is C12H13N3O3. The fourth-order valence-corrected chi connectivity index (χ4v) is 1.55. The smallest absolute Gasteiger partial charge is 0.323 e. The van der Waals surface area contributed by atoms with E-state index in [0.29, 0.717) is 16.7 Å². The highest BCUT2D eigenvalue weighted by molar-refractivity contribution is 6.06. The van der Waals surface area contributed by atoms with E-state index >= 15 is 0 Å². The lowest BCUT2D eigenvalue weighted by Crippen LogP contribution is -2.25. The van der Waals surface area contributed by atoms with Gasteiger partial charge in [-0.1, -0.05) is 0 Å². The second-order valence-electron chi connectivity index (χ2n) is 4.16. The van der Waals surface area contributed by atoms with Crippen molar-refractivity contribution in [3.8, 4) is 0 Å². The van der Waals surface area contributed by atoms with Gasteiger partial charge in [-0.3, -0.25) is 9.59 Å². The van der Waals surface area contributed by atoms with Crippen LogP contribution in [-0.2, 0) is 9.59 Å². The number of carbonyl (C=O) groups excluding carboxylic acids is 2. The van der Waals surface area contributed by atoms with Crippen LogP contribution >= 0.6 is 0 Å². The summed E-state index contributed by atoms with van der Waals surface area (Å²) in [6.07, 6.45) is 0. The SMILES string of the molecule is CC(=O)C(C)C(=O)Nc1ccc2[nH]c(=O)[nH]c2c1. The maximum Gasteiger partial charge on any atom is 0.323 e. The van der Waals surface area contributed by atoms with Gasteiger partial charge in [-0.25, -0.2) is 4.79 Å². The topological polar surface area (TPSA) is 94.8 Å². The number of fused-ring (bicyclic) bond motifs is 1. The quantitative estimate of drug-likeness (QED) is 0.706. The number of benzene rings is 1.